The van der Waals surface area contributed by atoms with Crippen LogP contribution in [0.5, 0.6) is 11.5 Å². The van der Waals surface area contributed by atoms with Crippen molar-refractivity contribution in [2.24, 2.45) is 0 Å². The van der Waals surface area contributed by atoms with E-state index in [-0.39, 0.29) is 0 Å². The quantitative estimate of drug-likeness (QED) is 0.467. The van der Waals surface area contributed by atoms with Gasteiger partial charge in [0.15, 0.2) is 5.82 Å². The van der Waals surface area contributed by atoms with Crippen LogP contribution >= 0.6 is 15.9 Å². The van der Waals surface area contributed by atoms with Crippen LogP contribution in [-0.2, 0) is 4.74 Å². The molecule has 3 rings (SSSR count). The summed E-state index contributed by atoms with van der Waals surface area (Å²) >= 11 is 3.46. The first-order valence-electron chi connectivity index (χ1n) is 7.86. The maximum absolute atomic E-state index is 6.14. The smallest absolute Gasteiger partial charge is 0.165 e. The fourth-order valence-corrected chi connectivity index (χ4v) is 2.89. The van der Waals surface area contributed by atoms with Crippen LogP contribution < -0.4 is 20.9 Å². The van der Waals surface area contributed by atoms with Gasteiger partial charge in [0.1, 0.15) is 23.9 Å². The number of benzene rings is 2. The van der Waals surface area contributed by atoms with Crippen molar-refractivity contribution < 1.29 is 14.2 Å². The average Bonchev–Trinajstić information content (AvgIpc) is 2.63. The maximum atomic E-state index is 6.14. The summed E-state index contributed by atoms with van der Waals surface area (Å²) in [4.78, 5) is 9.04. The second-order valence-electron chi connectivity index (χ2n) is 5.53. The van der Waals surface area contributed by atoms with Gasteiger partial charge in [-0.05, 0) is 24.3 Å². The molecule has 1 heterocycles. The zero-order valence-corrected chi connectivity index (χ0v) is 16.0. The molecule has 0 saturated carbocycles. The van der Waals surface area contributed by atoms with Crippen molar-refractivity contribution in [2.75, 3.05) is 38.9 Å². The second-order valence-corrected chi connectivity index (χ2v) is 6.44. The summed E-state index contributed by atoms with van der Waals surface area (Å²) in [5, 5.41) is 0.666. The van der Waals surface area contributed by atoms with Gasteiger partial charge in [0.2, 0.25) is 0 Å². The zero-order valence-electron chi connectivity index (χ0n) is 14.5. The lowest BCUT2D eigenvalue weighted by Crippen LogP contribution is -2.06. The number of nitrogens with two attached hydrogens (primary N) is 2. The summed E-state index contributed by atoms with van der Waals surface area (Å²) in [7, 11) is 3.21. The highest BCUT2D eigenvalue weighted by molar-refractivity contribution is 9.10. The molecule has 2 aromatic carbocycles. The van der Waals surface area contributed by atoms with Crippen LogP contribution in [-0.4, -0.2) is 37.4 Å². The van der Waals surface area contributed by atoms with Crippen LogP contribution in [0, 0.1) is 0 Å². The maximum Gasteiger partial charge on any atom is 0.165 e. The van der Waals surface area contributed by atoms with E-state index >= 15 is 0 Å². The predicted molar refractivity (Wildman–Crippen MR) is 105 cm³/mol. The monoisotopic (exact) mass is 418 g/mol. The molecule has 136 valence electrons. The first-order chi connectivity index (χ1) is 12.5. The Labute approximate surface area is 159 Å². The third kappa shape index (κ3) is 3.66. The van der Waals surface area contributed by atoms with Crippen molar-refractivity contribution in [3.05, 3.63) is 34.8 Å². The number of ether oxygens (including phenoxy) is 3. The Balaban J connectivity index is 2.11. The fourth-order valence-electron chi connectivity index (χ4n) is 2.53. The van der Waals surface area contributed by atoms with Gasteiger partial charge in [0.05, 0.1) is 30.5 Å². The van der Waals surface area contributed by atoms with Crippen molar-refractivity contribution in [1.29, 1.82) is 0 Å². The minimum Gasteiger partial charge on any atom is -0.496 e. The summed E-state index contributed by atoms with van der Waals surface area (Å²) in [6.45, 7) is 0.850. The van der Waals surface area contributed by atoms with Gasteiger partial charge < -0.3 is 25.7 Å². The van der Waals surface area contributed by atoms with Crippen LogP contribution in [0.15, 0.2) is 34.8 Å². The number of hydrogen-bond donors (Lipinski definition) is 2. The van der Waals surface area contributed by atoms with Gasteiger partial charge >= 0.3 is 0 Å². The molecule has 0 fully saturated rings. The minimum atomic E-state index is 0.335. The molecular weight excluding hydrogens is 400 g/mol. The molecule has 0 saturated heterocycles. The summed E-state index contributed by atoms with van der Waals surface area (Å²) in [6.07, 6.45) is 0. The second kappa shape index (κ2) is 7.76. The van der Waals surface area contributed by atoms with E-state index in [2.05, 4.69) is 25.9 Å². The molecule has 0 radical (unpaired) electrons. The van der Waals surface area contributed by atoms with Gasteiger partial charge in [0, 0.05) is 23.0 Å². The first kappa shape index (κ1) is 18.2. The molecule has 0 amide bonds. The van der Waals surface area contributed by atoms with Gasteiger partial charge in [-0.15, -0.1) is 0 Å². The molecule has 0 unspecified atom stereocenters. The molecule has 8 heteroatoms. The van der Waals surface area contributed by atoms with Crippen molar-refractivity contribution in [1.82, 2.24) is 9.97 Å². The molecule has 0 bridgehead atoms. The number of nitrogens with zero attached hydrogens (tertiary/aromatic N) is 2. The molecule has 4 N–H and O–H groups in total. The largest absolute Gasteiger partial charge is 0.496 e. The molecule has 0 aliphatic heterocycles. The van der Waals surface area contributed by atoms with Gasteiger partial charge in [-0.3, -0.25) is 0 Å². The van der Waals surface area contributed by atoms with E-state index in [0.717, 1.165) is 10.0 Å². The van der Waals surface area contributed by atoms with E-state index in [9.17, 15) is 0 Å². The van der Waals surface area contributed by atoms with Gasteiger partial charge in [-0.2, -0.15) is 0 Å². The molecule has 7 nitrogen and oxygen atoms in total. The Morgan fingerprint density at radius 2 is 1.81 bits per heavy atom. The van der Waals surface area contributed by atoms with Crippen LogP contribution in [0.4, 0.5) is 11.5 Å². The fraction of sp³-hybridized carbons (Fsp3) is 0.222. The summed E-state index contributed by atoms with van der Waals surface area (Å²) < 4.78 is 16.9. The number of halogens is 1. The number of nitrogen functional groups attached to an aromatic ring is 2. The van der Waals surface area contributed by atoms with E-state index in [0.29, 0.717) is 52.9 Å². The van der Waals surface area contributed by atoms with Crippen molar-refractivity contribution in [3.8, 4) is 22.9 Å². The Hall–Kier alpha value is -2.58. The van der Waals surface area contributed by atoms with Gasteiger partial charge in [-0.1, -0.05) is 15.9 Å². The first-order valence-corrected chi connectivity index (χ1v) is 8.65. The number of hydrogen-bond acceptors (Lipinski definition) is 7. The molecule has 26 heavy (non-hydrogen) atoms. The summed E-state index contributed by atoms with van der Waals surface area (Å²) in [5.74, 6) is 1.97. The van der Waals surface area contributed by atoms with E-state index in [1.54, 1.807) is 26.4 Å². The van der Waals surface area contributed by atoms with Crippen molar-refractivity contribution in [2.45, 2.75) is 0 Å². The Bertz CT molecular complexity index is 949. The van der Waals surface area contributed by atoms with Gasteiger partial charge in [-0.25, -0.2) is 9.97 Å². The molecule has 3 aromatic rings. The Morgan fingerprint density at radius 3 is 2.54 bits per heavy atom. The lowest BCUT2D eigenvalue weighted by atomic mass is 10.1. The summed E-state index contributed by atoms with van der Waals surface area (Å²) in [6, 6.07) is 9.08. The highest BCUT2D eigenvalue weighted by atomic mass is 79.9. The Morgan fingerprint density at radius 1 is 1.00 bits per heavy atom. The molecule has 1 aromatic heterocycles. The SMILES string of the molecule is COCCOc1cc2nc(-c3cc(Br)ccc3OC)nc(N)c2cc1N. The predicted octanol–water partition coefficient (Wildman–Crippen LogP) is 3.26. The minimum absolute atomic E-state index is 0.335. The highest BCUT2D eigenvalue weighted by Gasteiger charge is 2.14. The van der Waals surface area contributed by atoms with Crippen molar-refractivity contribution in [3.63, 3.8) is 0 Å². The Kier molecular flexibility index (Phi) is 5.43. The average molecular weight is 419 g/mol. The van der Waals surface area contributed by atoms with Crippen molar-refractivity contribution >= 4 is 38.3 Å². The number of fused-ring (bicyclic) bond motifs is 1. The third-order valence-corrected chi connectivity index (χ3v) is 4.30. The number of methoxy groups -OCH3 is 2. The molecule has 0 aliphatic carbocycles. The summed E-state index contributed by atoms with van der Waals surface area (Å²) in [5.41, 5.74) is 14.0. The molecule has 0 atom stereocenters. The number of aromatic nitrogens is 2. The van der Waals surface area contributed by atoms with Crippen LogP contribution in [0.3, 0.4) is 0 Å². The van der Waals surface area contributed by atoms with Crippen LogP contribution in [0.2, 0.25) is 0 Å². The number of anilines is 2. The van der Waals surface area contributed by atoms with E-state index in [4.69, 9.17) is 25.7 Å². The lowest BCUT2D eigenvalue weighted by Gasteiger charge is -2.13. The third-order valence-electron chi connectivity index (χ3n) is 3.80. The number of rotatable bonds is 6. The topological polar surface area (TPSA) is 106 Å². The highest BCUT2D eigenvalue weighted by Crippen LogP contribution is 2.35. The normalized spacial score (nSPS) is 10.9. The van der Waals surface area contributed by atoms with E-state index in [1.165, 1.54) is 0 Å². The molecular formula is C18H19BrN4O3. The molecule has 0 aliphatic rings. The lowest BCUT2D eigenvalue weighted by molar-refractivity contribution is 0.147. The van der Waals surface area contributed by atoms with E-state index in [1.807, 2.05) is 18.2 Å². The standard InChI is InChI=1S/C18H19BrN4O3/c1-24-5-6-26-16-9-14-11(8-13(16)20)17(21)23-18(22-14)12-7-10(19)3-4-15(12)25-2/h3-4,7-9H,5-6,20H2,1-2H3,(H2,21,22,23). The van der Waals surface area contributed by atoms with E-state index < -0.39 is 0 Å². The van der Waals surface area contributed by atoms with Gasteiger partial charge in [0.25, 0.3) is 0 Å². The zero-order chi connectivity index (χ0) is 18.7. The molecule has 0 spiro atoms. The van der Waals surface area contributed by atoms with Crippen LogP contribution in [0.25, 0.3) is 22.3 Å². The van der Waals surface area contributed by atoms with Crippen LogP contribution in [0.1, 0.15) is 0 Å².